The van der Waals surface area contributed by atoms with Gasteiger partial charge in [0, 0.05) is 47.8 Å². The zero-order valence-corrected chi connectivity index (χ0v) is 18.4. The SMILES string of the molecule is COCCOc1cc2nc(-c3ccc4c(ccn4Cc4ccccc4)c3)nc(N)c2cc1N. The van der Waals surface area contributed by atoms with Gasteiger partial charge in [-0.25, -0.2) is 9.97 Å². The second kappa shape index (κ2) is 8.80. The van der Waals surface area contributed by atoms with Crippen molar-refractivity contribution in [2.24, 2.45) is 0 Å². The summed E-state index contributed by atoms with van der Waals surface area (Å²) in [4.78, 5) is 9.30. The van der Waals surface area contributed by atoms with Crippen LogP contribution in [0.1, 0.15) is 5.56 Å². The topological polar surface area (TPSA) is 101 Å². The van der Waals surface area contributed by atoms with Crippen LogP contribution in [0.2, 0.25) is 0 Å². The summed E-state index contributed by atoms with van der Waals surface area (Å²) < 4.78 is 13.0. The van der Waals surface area contributed by atoms with Crippen LogP contribution < -0.4 is 16.2 Å². The van der Waals surface area contributed by atoms with Crippen molar-refractivity contribution in [2.75, 3.05) is 31.8 Å². The van der Waals surface area contributed by atoms with Gasteiger partial charge in [-0.05, 0) is 35.9 Å². The number of fused-ring (bicyclic) bond motifs is 2. The van der Waals surface area contributed by atoms with E-state index in [2.05, 4.69) is 58.2 Å². The number of anilines is 2. The highest BCUT2D eigenvalue weighted by Crippen LogP contribution is 2.32. The molecule has 0 aliphatic heterocycles. The first-order chi connectivity index (χ1) is 16.1. The molecule has 0 amide bonds. The maximum atomic E-state index is 6.27. The first-order valence-electron chi connectivity index (χ1n) is 10.7. The molecule has 0 aliphatic rings. The first kappa shape index (κ1) is 20.8. The fourth-order valence-corrected chi connectivity index (χ4v) is 3.94. The summed E-state index contributed by atoms with van der Waals surface area (Å²) in [6.45, 7) is 1.69. The molecule has 5 aromatic rings. The molecular weight excluding hydrogens is 414 g/mol. The normalized spacial score (nSPS) is 11.3. The second-order valence-corrected chi connectivity index (χ2v) is 7.88. The lowest BCUT2D eigenvalue weighted by molar-refractivity contribution is 0.147. The Kier molecular flexibility index (Phi) is 5.54. The average Bonchev–Trinajstić information content (AvgIpc) is 3.22. The molecule has 2 aromatic heterocycles. The number of nitrogens with zero attached hydrogens (tertiary/aromatic N) is 3. The Hall–Kier alpha value is -4.10. The zero-order valence-electron chi connectivity index (χ0n) is 18.4. The van der Waals surface area contributed by atoms with Crippen molar-refractivity contribution in [2.45, 2.75) is 6.54 Å². The molecule has 7 heteroatoms. The number of ether oxygens (including phenoxy) is 2. The molecule has 0 spiro atoms. The van der Waals surface area contributed by atoms with E-state index in [0.29, 0.717) is 47.2 Å². The van der Waals surface area contributed by atoms with E-state index in [9.17, 15) is 0 Å². The van der Waals surface area contributed by atoms with E-state index >= 15 is 0 Å². The molecule has 0 saturated heterocycles. The van der Waals surface area contributed by atoms with Crippen LogP contribution in [0.3, 0.4) is 0 Å². The van der Waals surface area contributed by atoms with Crippen LogP contribution in [0, 0.1) is 0 Å². The Balaban J connectivity index is 1.50. The van der Waals surface area contributed by atoms with Crippen LogP contribution in [-0.2, 0) is 11.3 Å². The summed E-state index contributed by atoms with van der Waals surface area (Å²) >= 11 is 0. The monoisotopic (exact) mass is 439 g/mol. The molecule has 0 aliphatic carbocycles. The zero-order chi connectivity index (χ0) is 22.8. The molecule has 3 aromatic carbocycles. The number of aromatic nitrogens is 3. The minimum absolute atomic E-state index is 0.381. The number of hydrogen-bond donors (Lipinski definition) is 2. The van der Waals surface area contributed by atoms with E-state index in [-0.39, 0.29) is 0 Å². The largest absolute Gasteiger partial charge is 0.489 e. The van der Waals surface area contributed by atoms with Gasteiger partial charge in [-0.15, -0.1) is 0 Å². The van der Waals surface area contributed by atoms with Crippen LogP contribution in [0.25, 0.3) is 33.2 Å². The molecule has 0 fully saturated rings. The van der Waals surface area contributed by atoms with Crippen molar-refractivity contribution in [1.82, 2.24) is 14.5 Å². The molecule has 0 atom stereocenters. The maximum Gasteiger partial charge on any atom is 0.162 e. The van der Waals surface area contributed by atoms with Crippen molar-refractivity contribution in [3.63, 3.8) is 0 Å². The summed E-state index contributed by atoms with van der Waals surface area (Å²) in [6.07, 6.45) is 2.10. The average molecular weight is 440 g/mol. The highest BCUT2D eigenvalue weighted by atomic mass is 16.5. The third kappa shape index (κ3) is 4.18. The van der Waals surface area contributed by atoms with Gasteiger partial charge in [-0.1, -0.05) is 30.3 Å². The van der Waals surface area contributed by atoms with Crippen LogP contribution >= 0.6 is 0 Å². The van der Waals surface area contributed by atoms with Gasteiger partial charge < -0.3 is 25.5 Å². The second-order valence-electron chi connectivity index (χ2n) is 7.88. The maximum absolute atomic E-state index is 6.27. The third-order valence-corrected chi connectivity index (χ3v) is 5.63. The molecule has 166 valence electrons. The van der Waals surface area contributed by atoms with Gasteiger partial charge in [0.1, 0.15) is 18.2 Å². The molecule has 5 rings (SSSR count). The smallest absolute Gasteiger partial charge is 0.162 e. The number of nitrogen functional groups attached to an aromatic ring is 2. The molecule has 0 saturated carbocycles. The van der Waals surface area contributed by atoms with E-state index in [4.69, 9.17) is 25.9 Å². The van der Waals surface area contributed by atoms with Gasteiger partial charge in [-0.3, -0.25) is 0 Å². The van der Waals surface area contributed by atoms with E-state index < -0.39 is 0 Å². The predicted molar refractivity (Wildman–Crippen MR) is 132 cm³/mol. The van der Waals surface area contributed by atoms with E-state index in [1.807, 2.05) is 12.1 Å². The van der Waals surface area contributed by atoms with Crippen LogP contribution in [0.15, 0.2) is 72.9 Å². The van der Waals surface area contributed by atoms with Crippen molar-refractivity contribution >= 4 is 33.3 Å². The van der Waals surface area contributed by atoms with Crippen molar-refractivity contribution < 1.29 is 9.47 Å². The summed E-state index contributed by atoms with van der Waals surface area (Å²) in [5, 5.41) is 1.82. The molecule has 0 bridgehead atoms. The lowest BCUT2D eigenvalue weighted by Gasteiger charge is -2.12. The summed E-state index contributed by atoms with van der Waals surface area (Å²) in [5.41, 5.74) is 16.9. The summed E-state index contributed by atoms with van der Waals surface area (Å²) in [6, 6.07) is 22.3. The molecule has 33 heavy (non-hydrogen) atoms. The van der Waals surface area contributed by atoms with Gasteiger partial charge in [0.25, 0.3) is 0 Å². The van der Waals surface area contributed by atoms with Gasteiger partial charge in [0.05, 0.1) is 17.8 Å². The molecule has 0 unspecified atom stereocenters. The van der Waals surface area contributed by atoms with Gasteiger partial charge in [0.2, 0.25) is 0 Å². The molecular formula is C26H25N5O2. The highest BCUT2D eigenvalue weighted by molar-refractivity contribution is 5.94. The van der Waals surface area contributed by atoms with Crippen molar-refractivity contribution in [3.05, 3.63) is 78.5 Å². The predicted octanol–water partition coefficient (Wildman–Crippen LogP) is 4.49. The van der Waals surface area contributed by atoms with Crippen molar-refractivity contribution in [1.29, 1.82) is 0 Å². The van der Waals surface area contributed by atoms with E-state index in [1.165, 1.54) is 5.56 Å². The van der Waals surface area contributed by atoms with Crippen LogP contribution in [0.4, 0.5) is 11.5 Å². The quantitative estimate of drug-likeness (QED) is 0.286. The lowest BCUT2D eigenvalue weighted by Crippen LogP contribution is -2.06. The molecule has 4 N–H and O–H groups in total. The third-order valence-electron chi connectivity index (χ3n) is 5.63. The molecule has 7 nitrogen and oxygen atoms in total. The Labute approximate surface area is 191 Å². The Bertz CT molecular complexity index is 1430. The molecule has 2 heterocycles. The summed E-state index contributed by atoms with van der Waals surface area (Å²) in [5.74, 6) is 1.49. The van der Waals surface area contributed by atoms with E-state index in [1.54, 1.807) is 19.2 Å². The lowest BCUT2D eigenvalue weighted by atomic mass is 10.1. The highest BCUT2D eigenvalue weighted by Gasteiger charge is 2.13. The molecule has 0 radical (unpaired) electrons. The number of methoxy groups -OCH3 is 1. The van der Waals surface area contributed by atoms with Crippen LogP contribution in [-0.4, -0.2) is 34.9 Å². The standard InChI is InChI=1S/C26H25N5O2/c1-32-11-12-33-24-15-22-20(14-21(24)27)25(28)30-26(29-22)19-7-8-23-18(13-19)9-10-31(23)16-17-5-3-2-4-6-17/h2-10,13-15H,11-12,16,27H2,1H3,(H2,28,29,30). The fourth-order valence-electron chi connectivity index (χ4n) is 3.94. The van der Waals surface area contributed by atoms with Crippen LogP contribution in [0.5, 0.6) is 5.75 Å². The minimum atomic E-state index is 0.381. The van der Waals surface area contributed by atoms with Crippen molar-refractivity contribution in [3.8, 4) is 17.1 Å². The Morgan fingerprint density at radius 2 is 1.76 bits per heavy atom. The van der Waals surface area contributed by atoms with E-state index in [0.717, 1.165) is 23.0 Å². The number of rotatable bonds is 7. The Morgan fingerprint density at radius 1 is 0.909 bits per heavy atom. The number of hydrogen-bond acceptors (Lipinski definition) is 6. The Morgan fingerprint density at radius 3 is 2.58 bits per heavy atom. The van der Waals surface area contributed by atoms with Gasteiger partial charge >= 0.3 is 0 Å². The summed E-state index contributed by atoms with van der Waals surface area (Å²) in [7, 11) is 1.63. The van der Waals surface area contributed by atoms with Gasteiger partial charge in [-0.2, -0.15) is 0 Å². The number of nitrogens with two attached hydrogens (primary N) is 2. The van der Waals surface area contributed by atoms with Gasteiger partial charge in [0.15, 0.2) is 5.82 Å². The number of benzene rings is 3. The fraction of sp³-hybridized carbons (Fsp3) is 0.154. The first-order valence-corrected chi connectivity index (χ1v) is 10.7. The minimum Gasteiger partial charge on any atom is -0.489 e.